The standard InChI is InChI=1S/C24H19IN2O4/c1-30-23-13-17(4-11-22(23)31-15-16-2-5-19(25)6-3-16)12-18(14-26)24(29)27-20-7-9-21(28)10-8-20/h2-13,28H,15H2,1H3,(H,27,29)/b18-12+. The van der Waals surface area contributed by atoms with Gasteiger partial charge in [-0.2, -0.15) is 5.26 Å². The van der Waals surface area contributed by atoms with Crippen LogP contribution in [0.5, 0.6) is 17.2 Å². The van der Waals surface area contributed by atoms with Gasteiger partial charge in [0, 0.05) is 9.26 Å². The second-order valence-corrected chi connectivity index (χ2v) is 7.74. The number of nitrogens with one attached hydrogen (secondary N) is 1. The molecular weight excluding hydrogens is 507 g/mol. The van der Waals surface area contributed by atoms with Crippen LogP contribution >= 0.6 is 22.6 Å². The smallest absolute Gasteiger partial charge is 0.266 e. The van der Waals surface area contributed by atoms with E-state index in [0.29, 0.717) is 29.4 Å². The van der Waals surface area contributed by atoms with Gasteiger partial charge < -0.3 is 19.9 Å². The third kappa shape index (κ3) is 6.23. The van der Waals surface area contributed by atoms with Gasteiger partial charge in [0.15, 0.2) is 11.5 Å². The number of nitriles is 1. The summed E-state index contributed by atoms with van der Waals surface area (Å²) >= 11 is 2.25. The normalized spacial score (nSPS) is 10.8. The molecule has 3 aromatic carbocycles. The molecule has 0 aliphatic heterocycles. The number of ether oxygens (including phenoxy) is 2. The van der Waals surface area contributed by atoms with Crippen molar-refractivity contribution >= 4 is 40.3 Å². The minimum Gasteiger partial charge on any atom is -0.508 e. The summed E-state index contributed by atoms with van der Waals surface area (Å²) in [6.07, 6.45) is 1.47. The zero-order valence-corrected chi connectivity index (χ0v) is 18.8. The fraction of sp³-hybridized carbons (Fsp3) is 0.0833. The molecule has 31 heavy (non-hydrogen) atoms. The summed E-state index contributed by atoms with van der Waals surface area (Å²) in [5.74, 6) is 0.595. The Bertz CT molecular complexity index is 1130. The highest BCUT2D eigenvalue weighted by Gasteiger charge is 2.11. The number of phenolic OH excluding ortho intramolecular Hbond substituents is 1. The van der Waals surface area contributed by atoms with Crippen molar-refractivity contribution in [1.82, 2.24) is 0 Å². The van der Waals surface area contributed by atoms with E-state index in [-0.39, 0.29) is 11.3 Å². The van der Waals surface area contributed by atoms with Crippen LogP contribution in [0.4, 0.5) is 5.69 Å². The molecule has 0 heterocycles. The van der Waals surface area contributed by atoms with E-state index in [9.17, 15) is 15.2 Å². The molecule has 0 unspecified atom stereocenters. The molecule has 0 bridgehead atoms. The van der Waals surface area contributed by atoms with Crippen LogP contribution in [0.25, 0.3) is 6.08 Å². The molecular formula is C24H19IN2O4. The Kier molecular flexibility index (Phi) is 7.51. The first kappa shape index (κ1) is 22.2. The highest BCUT2D eigenvalue weighted by atomic mass is 127. The van der Waals surface area contributed by atoms with Crippen molar-refractivity contribution in [2.45, 2.75) is 6.61 Å². The van der Waals surface area contributed by atoms with Gasteiger partial charge in [-0.05, 0) is 88.3 Å². The summed E-state index contributed by atoms with van der Waals surface area (Å²) in [7, 11) is 1.53. The Labute approximate surface area is 193 Å². The molecule has 6 nitrogen and oxygen atoms in total. The predicted molar refractivity (Wildman–Crippen MR) is 127 cm³/mol. The van der Waals surface area contributed by atoms with Crippen LogP contribution in [0.3, 0.4) is 0 Å². The second-order valence-electron chi connectivity index (χ2n) is 6.50. The van der Waals surface area contributed by atoms with E-state index < -0.39 is 5.91 Å². The number of amides is 1. The van der Waals surface area contributed by atoms with Crippen molar-refractivity contribution in [2.24, 2.45) is 0 Å². The zero-order chi connectivity index (χ0) is 22.2. The van der Waals surface area contributed by atoms with Gasteiger partial charge >= 0.3 is 0 Å². The van der Waals surface area contributed by atoms with Crippen LogP contribution in [0.15, 0.2) is 72.3 Å². The third-order valence-corrected chi connectivity index (χ3v) is 5.02. The quantitative estimate of drug-likeness (QED) is 0.193. The number of methoxy groups -OCH3 is 1. The first-order valence-corrected chi connectivity index (χ1v) is 10.3. The van der Waals surface area contributed by atoms with Crippen LogP contribution in [0.1, 0.15) is 11.1 Å². The third-order valence-electron chi connectivity index (χ3n) is 4.30. The van der Waals surface area contributed by atoms with Gasteiger partial charge in [0.05, 0.1) is 7.11 Å². The van der Waals surface area contributed by atoms with Crippen LogP contribution in [-0.4, -0.2) is 18.1 Å². The van der Waals surface area contributed by atoms with Gasteiger partial charge in [-0.15, -0.1) is 0 Å². The van der Waals surface area contributed by atoms with E-state index in [4.69, 9.17) is 9.47 Å². The van der Waals surface area contributed by atoms with Crippen LogP contribution < -0.4 is 14.8 Å². The number of aromatic hydroxyl groups is 1. The number of hydrogen-bond acceptors (Lipinski definition) is 5. The number of hydrogen-bond donors (Lipinski definition) is 2. The molecule has 1 amide bonds. The van der Waals surface area contributed by atoms with Crippen LogP contribution in [0, 0.1) is 14.9 Å². The molecule has 0 radical (unpaired) electrons. The lowest BCUT2D eigenvalue weighted by Gasteiger charge is -2.12. The van der Waals surface area contributed by atoms with E-state index >= 15 is 0 Å². The summed E-state index contributed by atoms with van der Waals surface area (Å²) < 4.78 is 12.4. The average molecular weight is 526 g/mol. The zero-order valence-electron chi connectivity index (χ0n) is 16.6. The number of halogens is 1. The highest BCUT2D eigenvalue weighted by molar-refractivity contribution is 14.1. The lowest BCUT2D eigenvalue weighted by Crippen LogP contribution is -2.13. The molecule has 0 aliphatic carbocycles. The molecule has 0 aromatic heterocycles. The first-order chi connectivity index (χ1) is 15.0. The molecule has 7 heteroatoms. The van der Waals surface area contributed by atoms with E-state index in [0.717, 1.165) is 9.13 Å². The highest BCUT2D eigenvalue weighted by Crippen LogP contribution is 2.30. The Balaban J connectivity index is 1.74. The summed E-state index contributed by atoms with van der Waals surface area (Å²) in [6.45, 7) is 0.390. The predicted octanol–water partition coefficient (Wildman–Crippen LogP) is 5.13. The average Bonchev–Trinajstić information content (AvgIpc) is 2.78. The van der Waals surface area contributed by atoms with E-state index in [1.165, 1.54) is 25.3 Å². The van der Waals surface area contributed by atoms with Crippen molar-refractivity contribution in [1.29, 1.82) is 5.26 Å². The number of carbonyl (C=O) groups is 1. The summed E-state index contributed by atoms with van der Waals surface area (Å²) in [5.41, 5.74) is 2.06. The Morgan fingerprint density at radius 3 is 2.45 bits per heavy atom. The fourth-order valence-corrected chi connectivity index (χ4v) is 3.05. The monoisotopic (exact) mass is 526 g/mol. The van der Waals surface area contributed by atoms with Crippen LogP contribution in [-0.2, 0) is 11.4 Å². The van der Waals surface area contributed by atoms with Gasteiger partial charge in [0.2, 0.25) is 0 Å². The van der Waals surface area contributed by atoms with Crippen molar-refractivity contribution in [2.75, 3.05) is 12.4 Å². The van der Waals surface area contributed by atoms with Crippen molar-refractivity contribution in [3.05, 3.63) is 87.0 Å². The van der Waals surface area contributed by atoms with Gasteiger partial charge in [-0.1, -0.05) is 18.2 Å². The molecule has 0 aliphatic rings. The molecule has 2 N–H and O–H groups in total. The minimum atomic E-state index is -0.550. The lowest BCUT2D eigenvalue weighted by atomic mass is 10.1. The molecule has 0 atom stereocenters. The molecule has 156 valence electrons. The van der Waals surface area contributed by atoms with E-state index in [2.05, 4.69) is 27.9 Å². The Morgan fingerprint density at radius 2 is 1.81 bits per heavy atom. The molecule has 3 rings (SSSR count). The second kappa shape index (κ2) is 10.5. The summed E-state index contributed by atoms with van der Waals surface area (Å²) in [5, 5.41) is 21.4. The van der Waals surface area contributed by atoms with Gasteiger partial charge in [0.25, 0.3) is 5.91 Å². The summed E-state index contributed by atoms with van der Waals surface area (Å²) in [4.78, 5) is 12.4. The van der Waals surface area contributed by atoms with Crippen molar-refractivity contribution in [3.63, 3.8) is 0 Å². The molecule has 3 aromatic rings. The Hall–Kier alpha value is -3.51. The van der Waals surface area contributed by atoms with Gasteiger partial charge in [0.1, 0.15) is 24.0 Å². The number of anilines is 1. The van der Waals surface area contributed by atoms with E-state index in [1.807, 2.05) is 30.3 Å². The number of phenols is 1. The molecule has 0 fully saturated rings. The SMILES string of the molecule is COc1cc(/C=C(\C#N)C(=O)Nc2ccc(O)cc2)ccc1OCc1ccc(I)cc1. The number of rotatable bonds is 7. The van der Waals surface area contributed by atoms with Crippen molar-refractivity contribution in [3.8, 4) is 23.3 Å². The maximum atomic E-state index is 12.4. The molecule has 0 saturated heterocycles. The molecule has 0 saturated carbocycles. The number of carbonyl (C=O) groups excluding carboxylic acids is 1. The van der Waals surface area contributed by atoms with Crippen LogP contribution in [0.2, 0.25) is 0 Å². The van der Waals surface area contributed by atoms with E-state index in [1.54, 1.807) is 30.3 Å². The van der Waals surface area contributed by atoms with Gasteiger partial charge in [-0.25, -0.2) is 0 Å². The summed E-state index contributed by atoms with van der Waals surface area (Å²) in [6, 6.07) is 21.1. The number of nitrogens with zero attached hydrogens (tertiary/aromatic N) is 1. The first-order valence-electron chi connectivity index (χ1n) is 9.26. The lowest BCUT2D eigenvalue weighted by molar-refractivity contribution is -0.112. The van der Waals surface area contributed by atoms with Gasteiger partial charge in [-0.3, -0.25) is 4.79 Å². The fourth-order valence-electron chi connectivity index (χ4n) is 2.69. The largest absolute Gasteiger partial charge is 0.508 e. The maximum Gasteiger partial charge on any atom is 0.266 e. The maximum absolute atomic E-state index is 12.4. The number of benzene rings is 3. The topological polar surface area (TPSA) is 91.6 Å². The molecule has 0 spiro atoms. The Morgan fingerprint density at radius 1 is 1.10 bits per heavy atom. The van der Waals surface area contributed by atoms with Crippen molar-refractivity contribution < 1.29 is 19.4 Å². The minimum absolute atomic E-state index is 0.0670.